The average molecular weight is 330 g/mol. The monoisotopic (exact) mass is 330 g/mol. The Morgan fingerprint density at radius 3 is 2.64 bits per heavy atom. The van der Waals surface area contributed by atoms with E-state index in [0.29, 0.717) is 0 Å². The molecule has 4 heteroatoms. The molecule has 1 atom stereocenters. The van der Waals surface area contributed by atoms with E-state index >= 15 is 0 Å². The molecule has 0 aromatic carbocycles. The van der Waals surface area contributed by atoms with Gasteiger partial charge in [0.1, 0.15) is 0 Å². The van der Waals surface area contributed by atoms with Crippen molar-refractivity contribution in [1.82, 2.24) is 14.5 Å². The Morgan fingerprint density at radius 2 is 1.96 bits per heavy atom. The lowest BCUT2D eigenvalue weighted by Crippen LogP contribution is -2.07. The molecule has 1 unspecified atom stereocenters. The topological polar surface area (TPSA) is 43.1 Å². The van der Waals surface area contributed by atoms with E-state index in [1.54, 1.807) is 0 Å². The van der Waals surface area contributed by atoms with Gasteiger partial charge in [-0.05, 0) is 57.0 Å². The fraction of sp³-hybridized carbons (Fsp3) is 0.286. The van der Waals surface area contributed by atoms with Gasteiger partial charge in [-0.15, -0.1) is 0 Å². The fourth-order valence-electron chi connectivity index (χ4n) is 3.68. The average Bonchev–Trinajstić information content (AvgIpc) is 3.14. The predicted molar refractivity (Wildman–Crippen MR) is 103 cm³/mol. The highest BCUT2D eigenvalue weighted by atomic mass is 15.0. The van der Waals surface area contributed by atoms with Gasteiger partial charge in [-0.2, -0.15) is 0 Å². The summed E-state index contributed by atoms with van der Waals surface area (Å²) < 4.78 is 2.28. The van der Waals surface area contributed by atoms with Crippen LogP contribution in [-0.2, 0) is 0 Å². The van der Waals surface area contributed by atoms with Gasteiger partial charge in [0.15, 0.2) is 0 Å². The van der Waals surface area contributed by atoms with Crippen molar-refractivity contribution < 1.29 is 0 Å². The minimum absolute atomic E-state index is 0.155. The van der Waals surface area contributed by atoms with Gasteiger partial charge in [-0.25, -0.2) is 0 Å². The first-order valence-electron chi connectivity index (χ1n) is 8.66. The van der Waals surface area contributed by atoms with Gasteiger partial charge in [0, 0.05) is 35.4 Å². The second-order valence-corrected chi connectivity index (χ2v) is 6.80. The first kappa shape index (κ1) is 15.8. The number of rotatable bonds is 3. The number of aliphatic imine (C=N–C) groups is 1. The van der Waals surface area contributed by atoms with Crippen molar-refractivity contribution in [3.8, 4) is 0 Å². The number of aromatic nitrogens is 3. The molecule has 0 radical (unpaired) electrons. The number of fused-ring (bicyclic) bond motifs is 1. The van der Waals surface area contributed by atoms with E-state index in [2.05, 4.69) is 60.6 Å². The van der Waals surface area contributed by atoms with E-state index < -0.39 is 0 Å². The van der Waals surface area contributed by atoms with E-state index in [4.69, 9.17) is 4.98 Å². The highest BCUT2D eigenvalue weighted by molar-refractivity contribution is 6.25. The lowest BCUT2D eigenvalue weighted by molar-refractivity contribution is 0.642. The summed E-state index contributed by atoms with van der Waals surface area (Å²) in [6.45, 7) is 9.32. The van der Waals surface area contributed by atoms with Crippen LogP contribution in [-0.4, -0.2) is 26.8 Å². The number of allylic oxidation sites excluding steroid dienone is 1. The Labute approximate surface area is 148 Å². The maximum atomic E-state index is 4.76. The van der Waals surface area contributed by atoms with Crippen LogP contribution in [0.15, 0.2) is 53.4 Å². The van der Waals surface area contributed by atoms with Gasteiger partial charge in [-0.1, -0.05) is 6.07 Å². The molecule has 4 nitrogen and oxygen atoms in total. The van der Waals surface area contributed by atoms with Crippen LogP contribution < -0.4 is 0 Å². The first-order chi connectivity index (χ1) is 12.1. The van der Waals surface area contributed by atoms with Crippen LogP contribution in [0.5, 0.6) is 0 Å². The molecule has 3 aromatic rings. The van der Waals surface area contributed by atoms with E-state index in [1.165, 1.54) is 16.7 Å². The molecular formula is C21H22N4. The molecular weight excluding hydrogens is 308 g/mol. The molecule has 4 rings (SSSR count). The smallest absolute Gasteiger partial charge is 0.0910 e. The summed E-state index contributed by atoms with van der Waals surface area (Å²) in [5.41, 5.74) is 9.25. The molecule has 0 aliphatic carbocycles. The first-order valence-corrected chi connectivity index (χ1v) is 8.66. The van der Waals surface area contributed by atoms with E-state index in [1.807, 2.05) is 24.5 Å². The second-order valence-electron chi connectivity index (χ2n) is 6.80. The fourth-order valence-corrected chi connectivity index (χ4v) is 3.68. The lowest BCUT2D eigenvalue weighted by Gasteiger charge is -2.15. The second kappa shape index (κ2) is 5.96. The molecule has 0 saturated heterocycles. The van der Waals surface area contributed by atoms with Gasteiger partial charge in [0.25, 0.3) is 0 Å². The summed E-state index contributed by atoms with van der Waals surface area (Å²) >= 11 is 0. The van der Waals surface area contributed by atoms with Crippen LogP contribution in [0.1, 0.15) is 43.6 Å². The van der Waals surface area contributed by atoms with Crippen LogP contribution >= 0.6 is 0 Å². The van der Waals surface area contributed by atoms with Gasteiger partial charge < -0.3 is 4.57 Å². The van der Waals surface area contributed by atoms with Gasteiger partial charge in [0.2, 0.25) is 0 Å². The zero-order chi connectivity index (χ0) is 17.6. The van der Waals surface area contributed by atoms with Crippen molar-refractivity contribution in [2.75, 3.05) is 6.54 Å². The summed E-state index contributed by atoms with van der Waals surface area (Å²) in [4.78, 5) is 13.8. The molecule has 126 valence electrons. The summed E-state index contributed by atoms with van der Waals surface area (Å²) in [7, 11) is 0. The quantitative estimate of drug-likeness (QED) is 0.704. The highest BCUT2D eigenvalue weighted by Gasteiger charge is 2.19. The molecule has 0 saturated carbocycles. The standard InChI is InChI=1S/C21H22N4/c1-13-10-23-15(3)20(13)17-9-19-21(24-11-17)14(2)12-25(19)16(4)18-7-5-6-8-22-18/h5-9,11-12,16H,10H2,1-4H3. The van der Waals surface area contributed by atoms with Crippen LogP contribution in [0.2, 0.25) is 0 Å². The van der Waals surface area contributed by atoms with Gasteiger partial charge >= 0.3 is 0 Å². The SMILES string of the molecule is CC1=NCC(C)=C1c1cnc2c(C)cn(C(C)c3ccccn3)c2c1. The van der Waals surface area contributed by atoms with Crippen LogP contribution in [0.25, 0.3) is 16.6 Å². The molecule has 1 aliphatic rings. The van der Waals surface area contributed by atoms with Gasteiger partial charge in [-0.3, -0.25) is 15.0 Å². The Hall–Kier alpha value is -2.75. The maximum absolute atomic E-state index is 4.76. The largest absolute Gasteiger partial charge is 0.337 e. The molecule has 0 N–H and O–H groups in total. The third-order valence-electron chi connectivity index (χ3n) is 5.02. The molecule has 0 fully saturated rings. The minimum Gasteiger partial charge on any atom is -0.337 e. The molecule has 3 aromatic heterocycles. The summed E-state index contributed by atoms with van der Waals surface area (Å²) in [5, 5.41) is 0. The molecule has 0 spiro atoms. The number of aryl methyl sites for hydroxylation is 1. The Kier molecular flexibility index (Phi) is 3.75. The highest BCUT2D eigenvalue weighted by Crippen LogP contribution is 2.31. The zero-order valence-electron chi connectivity index (χ0n) is 15.1. The molecule has 1 aliphatic heterocycles. The predicted octanol–water partition coefficient (Wildman–Crippen LogP) is 4.60. The summed E-state index contributed by atoms with van der Waals surface area (Å²) in [5.74, 6) is 0. The van der Waals surface area contributed by atoms with Crippen LogP contribution in [0, 0.1) is 6.92 Å². The van der Waals surface area contributed by atoms with Crippen molar-refractivity contribution in [2.24, 2.45) is 4.99 Å². The number of hydrogen-bond donors (Lipinski definition) is 0. The van der Waals surface area contributed by atoms with E-state index in [-0.39, 0.29) is 6.04 Å². The van der Waals surface area contributed by atoms with Crippen molar-refractivity contribution in [3.05, 3.63) is 65.2 Å². The third kappa shape index (κ3) is 2.58. The molecule has 0 bridgehead atoms. The Morgan fingerprint density at radius 1 is 1.12 bits per heavy atom. The Bertz CT molecular complexity index is 1010. The maximum Gasteiger partial charge on any atom is 0.0910 e. The molecule has 25 heavy (non-hydrogen) atoms. The van der Waals surface area contributed by atoms with Crippen LogP contribution in [0.3, 0.4) is 0 Å². The molecule has 4 heterocycles. The zero-order valence-corrected chi connectivity index (χ0v) is 15.1. The lowest BCUT2D eigenvalue weighted by atomic mass is 10.0. The van der Waals surface area contributed by atoms with E-state index in [0.717, 1.165) is 34.5 Å². The van der Waals surface area contributed by atoms with Crippen molar-refractivity contribution in [3.63, 3.8) is 0 Å². The van der Waals surface area contributed by atoms with Gasteiger partial charge in [0.05, 0.1) is 29.3 Å². The number of pyridine rings is 2. The van der Waals surface area contributed by atoms with Crippen molar-refractivity contribution in [2.45, 2.75) is 33.7 Å². The number of nitrogens with zero attached hydrogens (tertiary/aromatic N) is 4. The van der Waals surface area contributed by atoms with Crippen LogP contribution in [0.4, 0.5) is 0 Å². The summed E-state index contributed by atoms with van der Waals surface area (Å²) in [6, 6.07) is 8.46. The minimum atomic E-state index is 0.155. The summed E-state index contributed by atoms with van der Waals surface area (Å²) in [6.07, 6.45) is 6.01. The normalized spacial score (nSPS) is 15.8. The molecule has 0 amide bonds. The van der Waals surface area contributed by atoms with E-state index in [9.17, 15) is 0 Å². The Balaban J connectivity index is 1.88. The third-order valence-corrected chi connectivity index (χ3v) is 5.02. The van der Waals surface area contributed by atoms with Crippen molar-refractivity contribution >= 4 is 22.3 Å². The van der Waals surface area contributed by atoms with Crippen molar-refractivity contribution in [1.29, 1.82) is 0 Å². The number of hydrogen-bond acceptors (Lipinski definition) is 3.